The highest BCUT2D eigenvalue weighted by Gasteiger charge is 2.05. The molecule has 0 aliphatic carbocycles. The van der Waals surface area contributed by atoms with Gasteiger partial charge in [-0.1, -0.05) is 12.1 Å². The summed E-state index contributed by atoms with van der Waals surface area (Å²) in [7, 11) is 3.29. The number of hydrogen-bond donors (Lipinski definition) is 1. The molecule has 0 unspecified atom stereocenters. The van der Waals surface area contributed by atoms with Crippen molar-refractivity contribution < 1.29 is 9.53 Å². The van der Waals surface area contributed by atoms with Gasteiger partial charge in [-0.25, -0.2) is 4.79 Å². The van der Waals surface area contributed by atoms with Crippen molar-refractivity contribution in [2.45, 2.75) is 6.42 Å². The molecule has 1 aromatic carbocycles. The molecule has 1 amide bonds. The molecule has 0 saturated carbocycles. The van der Waals surface area contributed by atoms with Crippen molar-refractivity contribution >= 4 is 6.09 Å². The molecule has 0 aliphatic rings. The van der Waals surface area contributed by atoms with E-state index < -0.39 is 0 Å². The lowest BCUT2D eigenvalue weighted by Gasteiger charge is -2.10. The molecule has 15 heavy (non-hydrogen) atoms. The summed E-state index contributed by atoms with van der Waals surface area (Å²) in [6.07, 6.45) is 0.462. The molecule has 4 heteroatoms. The average Bonchev–Trinajstić information content (AvgIpc) is 2.21. The van der Waals surface area contributed by atoms with E-state index in [1.807, 2.05) is 12.1 Å². The normalized spacial score (nSPS) is 9.80. The summed E-state index contributed by atoms with van der Waals surface area (Å²) in [6, 6.07) is 7.36. The second-order valence-corrected chi connectivity index (χ2v) is 3.45. The fraction of sp³-hybridized carbons (Fsp3) is 0.364. The summed E-state index contributed by atoms with van der Waals surface area (Å²) in [6.45, 7) is 0.622. The molecule has 0 saturated heterocycles. The zero-order chi connectivity index (χ0) is 11.3. The summed E-state index contributed by atoms with van der Waals surface area (Å²) in [5.74, 6) is 0.550. The maximum absolute atomic E-state index is 11.2. The molecule has 0 heterocycles. The van der Waals surface area contributed by atoms with Gasteiger partial charge in [-0.3, -0.25) is 0 Å². The first kappa shape index (κ1) is 11.5. The van der Waals surface area contributed by atoms with Gasteiger partial charge in [-0.15, -0.1) is 0 Å². The van der Waals surface area contributed by atoms with Crippen molar-refractivity contribution in [1.29, 1.82) is 0 Å². The summed E-state index contributed by atoms with van der Waals surface area (Å²) >= 11 is 0. The first-order valence-corrected chi connectivity index (χ1v) is 4.81. The van der Waals surface area contributed by atoms with E-state index in [1.165, 1.54) is 4.90 Å². The van der Waals surface area contributed by atoms with E-state index in [0.29, 0.717) is 12.3 Å². The Morgan fingerprint density at radius 2 is 1.93 bits per heavy atom. The van der Waals surface area contributed by atoms with Crippen molar-refractivity contribution in [3.05, 3.63) is 29.8 Å². The lowest BCUT2D eigenvalue weighted by molar-refractivity contribution is 0.172. The van der Waals surface area contributed by atoms with Crippen LogP contribution in [0.15, 0.2) is 24.3 Å². The molecule has 0 fully saturated rings. The van der Waals surface area contributed by atoms with Crippen LogP contribution >= 0.6 is 0 Å². The molecule has 0 aromatic heterocycles. The number of benzene rings is 1. The summed E-state index contributed by atoms with van der Waals surface area (Å²) in [4.78, 5) is 12.6. The number of carbonyl (C=O) groups is 1. The predicted molar refractivity (Wildman–Crippen MR) is 58.9 cm³/mol. The molecule has 0 spiro atoms. The molecule has 2 N–H and O–H groups in total. The average molecular weight is 208 g/mol. The summed E-state index contributed by atoms with van der Waals surface area (Å²) < 4.78 is 5.06. The van der Waals surface area contributed by atoms with E-state index in [4.69, 9.17) is 10.5 Å². The molecule has 1 aromatic rings. The van der Waals surface area contributed by atoms with E-state index in [0.717, 1.165) is 12.0 Å². The van der Waals surface area contributed by atoms with Crippen molar-refractivity contribution in [3.8, 4) is 5.75 Å². The number of carbonyl (C=O) groups excluding carboxylic acids is 1. The topological polar surface area (TPSA) is 55.6 Å². The predicted octanol–water partition coefficient (Wildman–Crippen LogP) is 1.25. The number of nitrogens with zero attached hydrogens (tertiary/aromatic N) is 1. The fourth-order valence-corrected chi connectivity index (χ4v) is 1.08. The van der Waals surface area contributed by atoms with Gasteiger partial charge in [0.2, 0.25) is 0 Å². The highest BCUT2D eigenvalue weighted by Crippen LogP contribution is 2.13. The quantitative estimate of drug-likeness (QED) is 0.813. The smallest absolute Gasteiger partial charge is 0.410 e. The minimum Gasteiger partial charge on any atom is -0.410 e. The van der Waals surface area contributed by atoms with E-state index >= 15 is 0 Å². The monoisotopic (exact) mass is 208 g/mol. The van der Waals surface area contributed by atoms with Gasteiger partial charge in [-0.05, 0) is 30.7 Å². The first-order chi connectivity index (χ1) is 7.13. The number of hydrogen-bond acceptors (Lipinski definition) is 3. The zero-order valence-electron chi connectivity index (χ0n) is 9.06. The number of ether oxygens (including phenoxy) is 1. The Morgan fingerprint density at radius 1 is 1.33 bits per heavy atom. The molecule has 0 bridgehead atoms. The van der Waals surface area contributed by atoms with Crippen molar-refractivity contribution in [3.63, 3.8) is 0 Å². The molecule has 0 radical (unpaired) electrons. The maximum atomic E-state index is 11.2. The van der Waals surface area contributed by atoms with Gasteiger partial charge in [0.05, 0.1) is 0 Å². The van der Waals surface area contributed by atoms with Gasteiger partial charge < -0.3 is 15.4 Å². The molecular weight excluding hydrogens is 192 g/mol. The largest absolute Gasteiger partial charge is 0.414 e. The SMILES string of the molecule is CN(C)C(=O)Oc1ccc(CCN)cc1. The Bertz CT molecular complexity index is 320. The van der Waals surface area contributed by atoms with Crippen LogP contribution in [0.1, 0.15) is 5.56 Å². The molecule has 0 atom stereocenters. The van der Waals surface area contributed by atoms with Gasteiger partial charge in [-0.2, -0.15) is 0 Å². The zero-order valence-corrected chi connectivity index (χ0v) is 9.06. The number of nitrogens with two attached hydrogens (primary N) is 1. The Kier molecular flexibility index (Phi) is 4.12. The number of amides is 1. The molecule has 0 aliphatic heterocycles. The highest BCUT2D eigenvalue weighted by atomic mass is 16.6. The highest BCUT2D eigenvalue weighted by molar-refractivity contribution is 5.69. The summed E-state index contributed by atoms with van der Waals surface area (Å²) in [5, 5.41) is 0. The third kappa shape index (κ3) is 3.59. The Hall–Kier alpha value is -1.55. The lowest BCUT2D eigenvalue weighted by Crippen LogP contribution is -2.25. The van der Waals surface area contributed by atoms with Gasteiger partial charge >= 0.3 is 6.09 Å². The number of rotatable bonds is 3. The Labute approximate surface area is 89.6 Å². The van der Waals surface area contributed by atoms with Crippen LogP contribution in [0.4, 0.5) is 4.79 Å². The van der Waals surface area contributed by atoms with Gasteiger partial charge in [0, 0.05) is 14.1 Å². The standard InChI is InChI=1S/C11H16N2O2/c1-13(2)11(14)15-10-5-3-9(4-6-10)7-8-12/h3-6H,7-8,12H2,1-2H3. The molecule has 82 valence electrons. The minimum atomic E-state index is -0.374. The second-order valence-electron chi connectivity index (χ2n) is 3.45. The van der Waals surface area contributed by atoms with Gasteiger partial charge in [0.1, 0.15) is 5.75 Å². The van der Waals surface area contributed by atoms with E-state index in [2.05, 4.69) is 0 Å². The van der Waals surface area contributed by atoms with Gasteiger partial charge in [0.15, 0.2) is 0 Å². The molecule has 4 nitrogen and oxygen atoms in total. The molecular formula is C11H16N2O2. The third-order valence-electron chi connectivity index (χ3n) is 1.93. The third-order valence-corrected chi connectivity index (χ3v) is 1.93. The summed E-state index contributed by atoms with van der Waals surface area (Å²) in [5.41, 5.74) is 6.57. The van der Waals surface area contributed by atoms with Crippen LogP contribution < -0.4 is 10.5 Å². The van der Waals surface area contributed by atoms with E-state index in [1.54, 1.807) is 26.2 Å². The van der Waals surface area contributed by atoms with E-state index in [9.17, 15) is 4.79 Å². The van der Waals surface area contributed by atoms with Gasteiger partial charge in [0.25, 0.3) is 0 Å². The van der Waals surface area contributed by atoms with Crippen LogP contribution in [0, 0.1) is 0 Å². The van der Waals surface area contributed by atoms with E-state index in [-0.39, 0.29) is 6.09 Å². The van der Waals surface area contributed by atoms with Crippen LogP contribution in [0.25, 0.3) is 0 Å². The second kappa shape index (κ2) is 5.36. The maximum Gasteiger partial charge on any atom is 0.414 e. The van der Waals surface area contributed by atoms with Crippen molar-refractivity contribution in [1.82, 2.24) is 4.90 Å². The fourth-order valence-electron chi connectivity index (χ4n) is 1.08. The van der Waals surface area contributed by atoms with Crippen LogP contribution in [0.5, 0.6) is 5.75 Å². The Balaban J connectivity index is 2.60. The van der Waals surface area contributed by atoms with Crippen LogP contribution in [0.2, 0.25) is 0 Å². The van der Waals surface area contributed by atoms with Crippen molar-refractivity contribution in [2.24, 2.45) is 5.73 Å². The minimum absolute atomic E-state index is 0.374. The van der Waals surface area contributed by atoms with Crippen LogP contribution in [-0.4, -0.2) is 31.6 Å². The Morgan fingerprint density at radius 3 is 2.40 bits per heavy atom. The lowest BCUT2D eigenvalue weighted by atomic mass is 10.1. The molecule has 1 rings (SSSR count). The van der Waals surface area contributed by atoms with Crippen molar-refractivity contribution in [2.75, 3.05) is 20.6 Å². The van der Waals surface area contributed by atoms with Crippen LogP contribution in [-0.2, 0) is 6.42 Å². The van der Waals surface area contributed by atoms with Crippen LogP contribution in [0.3, 0.4) is 0 Å². The first-order valence-electron chi connectivity index (χ1n) is 4.81.